The molecule has 31 heavy (non-hydrogen) atoms. The van der Waals surface area contributed by atoms with Crippen LogP contribution in [0.3, 0.4) is 0 Å². The Hall–Kier alpha value is -3.48. The quantitative estimate of drug-likeness (QED) is 0.354. The second-order valence-corrected chi connectivity index (χ2v) is 7.38. The van der Waals surface area contributed by atoms with E-state index in [9.17, 15) is 13.0 Å². The molecule has 3 nitrogen and oxygen atoms in total. The van der Waals surface area contributed by atoms with E-state index < -0.39 is 13.2 Å². The van der Waals surface area contributed by atoms with Crippen molar-refractivity contribution < 1.29 is 17.8 Å². The summed E-state index contributed by atoms with van der Waals surface area (Å²) in [6, 6.07) is 18.3. The van der Waals surface area contributed by atoms with Gasteiger partial charge in [0.25, 0.3) is 0 Å². The maximum absolute atomic E-state index is 14.4. The predicted molar refractivity (Wildman–Crippen MR) is 120 cm³/mol. The van der Waals surface area contributed by atoms with E-state index in [0.717, 1.165) is 15.9 Å². The molecule has 3 aromatic rings. The van der Waals surface area contributed by atoms with E-state index >= 15 is 0 Å². The van der Waals surface area contributed by atoms with Gasteiger partial charge in [0.2, 0.25) is 0 Å². The molecule has 0 saturated carbocycles. The maximum atomic E-state index is 14.4. The summed E-state index contributed by atoms with van der Waals surface area (Å²) in [7, 11) is -2.82. The number of ether oxygens (including phenoxy) is 1. The minimum absolute atomic E-state index is 0.00374. The highest BCUT2D eigenvalue weighted by Gasteiger charge is 2.34. The second-order valence-electron chi connectivity index (χ2n) is 7.38. The van der Waals surface area contributed by atoms with Gasteiger partial charge >= 0.3 is 7.40 Å². The third-order valence-corrected chi connectivity index (χ3v) is 5.04. The fourth-order valence-corrected chi connectivity index (χ4v) is 3.42. The highest BCUT2D eigenvalue weighted by molar-refractivity contribution is 6.52. The Kier molecular flexibility index (Phi) is 5.84. The van der Waals surface area contributed by atoms with Crippen LogP contribution in [0.25, 0.3) is 5.70 Å². The van der Waals surface area contributed by atoms with Crippen molar-refractivity contribution in [3.05, 3.63) is 94.8 Å². The van der Waals surface area contributed by atoms with Gasteiger partial charge in [-0.25, -0.2) is 4.39 Å². The summed E-state index contributed by atoms with van der Waals surface area (Å²) < 4.78 is 48.2. The summed E-state index contributed by atoms with van der Waals surface area (Å²) >= 11 is 0. The highest BCUT2D eigenvalue weighted by Crippen LogP contribution is 2.39. The number of rotatable bonds is 5. The topological polar surface area (TPSA) is 24.8 Å². The van der Waals surface area contributed by atoms with Crippen LogP contribution in [-0.4, -0.2) is 20.2 Å². The maximum Gasteiger partial charge on any atom is 0.678 e. The predicted octanol–water partition coefficient (Wildman–Crippen LogP) is 6.38. The summed E-state index contributed by atoms with van der Waals surface area (Å²) in [6.07, 6.45) is 1.54. The molecule has 0 aromatic heterocycles. The number of hydrogen-bond acceptors (Lipinski definition) is 3. The minimum Gasteiger partial charge on any atom is -0.488 e. The Morgan fingerprint density at radius 1 is 0.935 bits per heavy atom. The van der Waals surface area contributed by atoms with Crippen LogP contribution in [0.1, 0.15) is 16.7 Å². The zero-order chi connectivity index (χ0) is 22.0. The van der Waals surface area contributed by atoms with Gasteiger partial charge in [0, 0.05) is 29.1 Å². The fraction of sp³-hybridized carbons (Fsp3) is 0.125. The average molecular weight is 420 g/mol. The molecule has 4 rings (SSSR count). The molecule has 0 bridgehead atoms. The molecule has 0 fully saturated rings. The van der Waals surface area contributed by atoms with Gasteiger partial charge in [-0.3, -0.25) is 13.6 Å². The largest absolute Gasteiger partial charge is 0.678 e. The number of aliphatic imine (C=N–C) groups is 1. The SMILES string of the molecule is Cc1ccc(N=CC2=C(N(B(F)F)c3ccc(C)cc3)c3ccc(F)cc3OC2)cc1. The van der Waals surface area contributed by atoms with Gasteiger partial charge in [0.1, 0.15) is 18.2 Å². The molecule has 0 unspecified atom stereocenters. The smallest absolute Gasteiger partial charge is 0.488 e. The van der Waals surface area contributed by atoms with Crippen LogP contribution in [0.5, 0.6) is 5.75 Å². The van der Waals surface area contributed by atoms with Gasteiger partial charge < -0.3 is 9.55 Å². The van der Waals surface area contributed by atoms with E-state index in [4.69, 9.17) is 4.74 Å². The monoisotopic (exact) mass is 420 g/mol. The molecule has 156 valence electrons. The van der Waals surface area contributed by atoms with Crippen molar-refractivity contribution in [1.29, 1.82) is 0 Å². The molecule has 0 N–H and O–H groups in total. The van der Waals surface area contributed by atoms with Crippen molar-refractivity contribution in [2.75, 3.05) is 11.4 Å². The van der Waals surface area contributed by atoms with Crippen LogP contribution in [0.15, 0.2) is 77.3 Å². The third kappa shape index (κ3) is 4.50. The average Bonchev–Trinajstić information content (AvgIpc) is 2.75. The lowest BCUT2D eigenvalue weighted by molar-refractivity contribution is 0.349. The van der Waals surface area contributed by atoms with Gasteiger partial charge in [-0.05, 0) is 50.2 Å². The Balaban J connectivity index is 1.87. The number of nitrogens with zero attached hydrogens (tertiary/aromatic N) is 2. The van der Waals surface area contributed by atoms with E-state index in [2.05, 4.69) is 4.99 Å². The first-order valence-electron chi connectivity index (χ1n) is 9.83. The molecule has 1 aliphatic rings. The van der Waals surface area contributed by atoms with Gasteiger partial charge in [-0.2, -0.15) is 0 Å². The van der Waals surface area contributed by atoms with Crippen LogP contribution < -0.4 is 9.55 Å². The van der Waals surface area contributed by atoms with Crippen LogP contribution in [0, 0.1) is 19.7 Å². The normalized spacial score (nSPS) is 13.2. The molecular formula is C24H20BF3N2O. The molecule has 0 amide bonds. The lowest BCUT2D eigenvalue weighted by Gasteiger charge is -2.31. The number of fused-ring (bicyclic) bond motifs is 1. The Bertz CT molecular complexity index is 1140. The molecule has 1 heterocycles. The first-order valence-corrected chi connectivity index (χ1v) is 9.83. The van der Waals surface area contributed by atoms with E-state index in [0.29, 0.717) is 22.5 Å². The fourth-order valence-electron chi connectivity index (χ4n) is 3.42. The Morgan fingerprint density at radius 2 is 1.58 bits per heavy atom. The molecule has 3 aromatic carbocycles. The number of aryl methyl sites for hydroxylation is 2. The van der Waals surface area contributed by atoms with E-state index in [-0.39, 0.29) is 18.1 Å². The Labute approximate surface area is 179 Å². The molecule has 0 saturated heterocycles. The summed E-state index contributed by atoms with van der Waals surface area (Å²) in [4.78, 5) is 5.39. The summed E-state index contributed by atoms with van der Waals surface area (Å²) in [5.74, 6) is -0.269. The molecule has 1 aliphatic heterocycles. The van der Waals surface area contributed by atoms with Crippen molar-refractivity contribution in [3.8, 4) is 5.75 Å². The van der Waals surface area contributed by atoms with Crippen LogP contribution in [-0.2, 0) is 0 Å². The minimum atomic E-state index is -2.82. The van der Waals surface area contributed by atoms with Gasteiger partial charge in [0.05, 0.1) is 11.4 Å². The molecular weight excluding hydrogens is 400 g/mol. The van der Waals surface area contributed by atoms with Gasteiger partial charge in [-0.1, -0.05) is 35.4 Å². The lowest BCUT2D eigenvalue weighted by Crippen LogP contribution is -2.34. The van der Waals surface area contributed by atoms with Crippen molar-refractivity contribution in [1.82, 2.24) is 0 Å². The number of benzene rings is 3. The standard InChI is InChI=1S/C24H20BF3N2O/c1-16-3-8-20(9-4-16)29-14-18-15-31-23-13-19(26)7-12-22(23)24(18)30(25(27)28)21-10-5-17(2)6-11-21/h3-14H,15H2,1-2H3. The van der Waals surface area contributed by atoms with E-state index in [1.54, 1.807) is 24.3 Å². The summed E-state index contributed by atoms with van der Waals surface area (Å²) in [5, 5.41) is 0. The van der Waals surface area contributed by atoms with E-state index in [1.807, 2.05) is 38.1 Å². The summed E-state index contributed by atoms with van der Waals surface area (Å²) in [5.41, 5.74) is 4.19. The second kappa shape index (κ2) is 8.72. The van der Waals surface area contributed by atoms with Crippen molar-refractivity contribution in [2.24, 2.45) is 4.99 Å². The van der Waals surface area contributed by atoms with Crippen molar-refractivity contribution in [3.63, 3.8) is 0 Å². The highest BCUT2D eigenvalue weighted by atomic mass is 19.2. The zero-order valence-electron chi connectivity index (χ0n) is 17.1. The van der Waals surface area contributed by atoms with E-state index in [1.165, 1.54) is 24.4 Å². The first kappa shape index (κ1) is 20.8. The Morgan fingerprint density at radius 3 is 2.23 bits per heavy atom. The molecule has 0 spiro atoms. The zero-order valence-corrected chi connectivity index (χ0v) is 17.1. The van der Waals surface area contributed by atoms with Crippen molar-refractivity contribution >= 4 is 30.7 Å². The number of anilines is 1. The van der Waals surface area contributed by atoms with Crippen LogP contribution in [0.4, 0.5) is 24.4 Å². The number of hydrogen-bond donors (Lipinski definition) is 0. The van der Waals surface area contributed by atoms with Gasteiger partial charge in [-0.15, -0.1) is 0 Å². The lowest BCUT2D eigenvalue weighted by atomic mass is 9.96. The molecule has 0 radical (unpaired) electrons. The number of halogens is 3. The first-order chi connectivity index (χ1) is 14.9. The van der Waals surface area contributed by atoms with Crippen LogP contribution in [0.2, 0.25) is 0 Å². The van der Waals surface area contributed by atoms with Crippen molar-refractivity contribution in [2.45, 2.75) is 13.8 Å². The third-order valence-electron chi connectivity index (χ3n) is 5.04. The van der Waals surface area contributed by atoms with Gasteiger partial charge in [0.15, 0.2) is 0 Å². The molecule has 0 atom stereocenters. The molecule has 0 aliphatic carbocycles. The summed E-state index contributed by atoms with van der Waals surface area (Å²) in [6.45, 7) is 3.86. The molecule has 7 heteroatoms. The van der Waals surface area contributed by atoms with Crippen LogP contribution >= 0.6 is 0 Å².